The lowest BCUT2D eigenvalue weighted by atomic mass is 9.98. The minimum Gasteiger partial charge on any atom is -0.352 e. The van der Waals surface area contributed by atoms with Crippen molar-refractivity contribution in [3.63, 3.8) is 0 Å². The molecule has 0 atom stereocenters. The van der Waals surface area contributed by atoms with Gasteiger partial charge in [-0.1, -0.05) is 25.0 Å². The Kier molecular flexibility index (Phi) is 5.81. The Balaban J connectivity index is 1.39. The van der Waals surface area contributed by atoms with Gasteiger partial charge < -0.3 is 21.7 Å². The summed E-state index contributed by atoms with van der Waals surface area (Å²) < 4.78 is 0. The van der Waals surface area contributed by atoms with Crippen molar-refractivity contribution in [2.24, 2.45) is 5.73 Å². The number of imide groups is 1. The average Bonchev–Trinajstić information content (AvgIpc) is 3.21. The Bertz CT molecular complexity index is 771. The quantitative estimate of drug-likeness (QED) is 0.527. The topological polar surface area (TPSA) is 134 Å². The molecule has 1 aliphatic carbocycles. The SMILES string of the molecule is NC(=O)Nc1ccc(CNC(=O)CCCN2C(=O)NC3(CCCC3)C2=O)cc1. The highest BCUT2D eigenvalue weighted by atomic mass is 16.2. The fourth-order valence-corrected chi connectivity index (χ4v) is 3.73. The Hall–Kier alpha value is -3.10. The molecule has 1 spiro atoms. The van der Waals surface area contributed by atoms with Crippen molar-refractivity contribution in [2.75, 3.05) is 11.9 Å². The van der Waals surface area contributed by atoms with Crippen LogP contribution in [0.1, 0.15) is 44.1 Å². The van der Waals surface area contributed by atoms with Crippen LogP contribution in [0.2, 0.25) is 0 Å². The summed E-state index contributed by atoms with van der Waals surface area (Å²) in [6, 6.07) is 5.97. The number of nitrogens with two attached hydrogens (primary N) is 1. The Morgan fingerprint density at radius 2 is 1.82 bits per heavy atom. The van der Waals surface area contributed by atoms with Crippen molar-refractivity contribution in [1.82, 2.24) is 15.5 Å². The van der Waals surface area contributed by atoms with E-state index in [0.717, 1.165) is 18.4 Å². The lowest BCUT2D eigenvalue weighted by molar-refractivity contribution is -0.131. The molecule has 9 nitrogen and oxygen atoms in total. The van der Waals surface area contributed by atoms with Gasteiger partial charge in [0.25, 0.3) is 5.91 Å². The molecular weight excluding hydrogens is 362 g/mol. The lowest BCUT2D eigenvalue weighted by Crippen LogP contribution is -2.44. The van der Waals surface area contributed by atoms with Gasteiger partial charge in [0.15, 0.2) is 0 Å². The highest BCUT2D eigenvalue weighted by molar-refractivity contribution is 6.07. The molecule has 150 valence electrons. The molecule has 3 rings (SSSR count). The zero-order chi connectivity index (χ0) is 20.1. The molecule has 1 aliphatic heterocycles. The summed E-state index contributed by atoms with van der Waals surface area (Å²) in [4.78, 5) is 48.7. The predicted molar refractivity (Wildman–Crippen MR) is 102 cm³/mol. The number of carbonyl (C=O) groups is 4. The van der Waals surface area contributed by atoms with Crippen LogP contribution in [-0.2, 0) is 16.1 Å². The first kappa shape index (κ1) is 19.7. The van der Waals surface area contributed by atoms with E-state index in [1.165, 1.54) is 4.90 Å². The van der Waals surface area contributed by atoms with Crippen molar-refractivity contribution in [3.05, 3.63) is 29.8 Å². The molecular formula is C19H25N5O4. The Morgan fingerprint density at radius 1 is 1.14 bits per heavy atom. The number of urea groups is 2. The van der Waals surface area contributed by atoms with Gasteiger partial charge in [-0.05, 0) is 37.0 Å². The summed E-state index contributed by atoms with van der Waals surface area (Å²) in [6.45, 7) is 0.593. The molecule has 1 aromatic carbocycles. The number of amides is 6. The van der Waals surface area contributed by atoms with Gasteiger partial charge in [0, 0.05) is 25.2 Å². The first-order valence-electron chi connectivity index (χ1n) is 9.46. The number of anilines is 1. The normalized spacial score (nSPS) is 17.6. The molecule has 1 aromatic rings. The van der Waals surface area contributed by atoms with Crippen molar-refractivity contribution in [3.8, 4) is 0 Å². The van der Waals surface area contributed by atoms with Crippen LogP contribution >= 0.6 is 0 Å². The summed E-state index contributed by atoms with van der Waals surface area (Å²) in [5.41, 5.74) is 5.80. The average molecular weight is 387 g/mol. The maximum Gasteiger partial charge on any atom is 0.325 e. The van der Waals surface area contributed by atoms with E-state index in [4.69, 9.17) is 5.73 Å². The van der Waals surface area contributed by atoms with E-state index in [1.54, 1.807) is 24.3 Å². The van der Waals surface area contributed by atoms with Crippen LogP contribution < -0.4 is 21.7 Å². The first-order valence-corrected chi connectivity index (χ1v) is 9.46. The fourth-order valence-electron chi connectivity index (χ4n) is 3.73. The molecule has 5 N–H and O–H groups in total. The second-order valence-electron chi connectivity index (χ2n) is 7.24. The van der Waals surface area contributed by atoms with E-state index in [9.17, 15) is 19.2 Å². The van der Waals surface area contributed by atoms with Crippen LogP contribution in [0, 0.1) is 0 Å². The molecule has 1 heterocycles. The zero-order valence-electron chi connectivity index (χ0n) is 15.6. The van der Waals surface area contributed by atoms with Gasteiger partial charge in [-0.15, -0.1) is 0 Å². The van der Waals surface area contributed by atoms with E-state index in [2.05, 4.69) is 16.0 Å². The van der Waals surface area contributed by atoms with E-state index in [0.29, 0.717) is 31.5 Å². The second-order valence-corrected chi connectivity index (χ2v) is 7.24. The third-order valence-corrected chi connectivity index (χ3v) is 5.20. The fraction of sp³-hybridized carbons (Fsp3) is 0.474. The molecule has 1 saturated carbocycles. The Labute approximate surface area is 163 Å². The molecule has 2 aliphatic rings. The van der Waals surface area contributed by atoms with E-state index < -0.39 is 11.6 Å². The number of hydrogen-bond donors (Lipinski definition) is 4. The van der Waals surface area contributed by atoms with Crippen LogP contribution in [0.4, 0.5) is 15.3 Å². The number of nitrogens with one attached hydrogen (secondary N) is 3. The third-order valence-electron chi connectivity index (χ3n) is 5.20. The number of hydrogen-bond acceptors (Lipinski definition) is 4. The molecule has 0 unspecified atom stereocenters. The van der Waals surface area contributed by atoms with Gasteiger partial charge in [0.2, 0.25) is 5.91 Å². The molecule has 2 fully saturated rings. The van der Waals surface area contributed by atoms with Crippen LogP contribution in [0.3, 0.4) is 0 Å². The summed E-state index contributed by atoms with van der Waals surface area (Å²) >= 11 is 0. The number of carbonyl (C=O) groups excluding carboxylic acids is 4. The van der Waals surface area contributed by atoms with Gasteiger partial charge in [-0.2, -0.15) is 0 Å². The van der Waals surface area contributed by atoms with E-state index in [1.807, 2.05) is 0 Å². The second kappa shape index (κ2) is 8.28. The maximum absolute atomic E-state index is 12.5. The summed E-state index contributed by atoms with van der Waals surface area (Å²) in [7, 11) is 0. The number of primary amides is 1. The molecule has 0 aromatic heterocycles. The van der Waals surface area contributed by atoms with E-state index in [-0.39, 0.29) is 30.8 Å². The van der Waals surface area contributed by atoms with Crippen molar-refractivity contribution < 1.29 is 19.2 Å². The third kappa shape index (κ3) is 4.41. The first-order chi connectivity index (χ1) is 13.4. The smallest absolute Gasteiger partial charge is 0.325 e. The summed E-state index contributed by atoms with van der Waals surface area (Å²) in [6.07, 6.45) is 3.93. The zero-order valence-corrected chi connectivity index (χ0v) is 15.6. The minimum atomic E-state index is -0.700. The number of nitrogens with zero attached hydrogens (tertiary/aromatic N) is 1. The summed E-state index contributed by atoms with van der Waals surface area (Å²) in [5.74, 6) is -0.304. The predicted octanol–water partition coefficient (Wildman–Crippen LogP) is 1.44. The highest BCUT2D eigenvalue weighted by Crippen LogP contribution is 2.35. The van der Waals surface area contributed by atoms with Crippen molar-refractivity contribution in [2.45, 2.75) is 50.6 Å². The largest absolute Gasteiger partial charge is 0.352 e. The van der Waals surface area contributed by atoms with Crippen LogP contribution in [0.5, 0.6) is 0 Å². The maximum atomic E-state index is 12.5. The monoisotopic (exact) mass is 387 g/mol. The lowest BCUT2D eigenvalue weighted by Gasteiger charge is -2.19. The summed E-state index contributed by atoms with van der Waals surface area (Å²) in [5, 5.41) is 8.10. The number of rotatable bonds is 7. The van der Waals surface area contributed by atoms with Crippen LogP contribution in [-0.4, -0.2) is 40.9 Å². The number of benzene rings is 1. The van der Waals surface area contributed by atoms with Crippen molar-refractivity contribution >= 4 is 29.6 Å². The molecule has 0 radical (unpaired) electrons. The molecule has 28 heavy (non-hydrogen) atoms. The molecule has 0 bridgehead atoms. The van der Waals surface area contributed by atoms with Gasteiger partial charge >= 0.3 is 12.1 Å². The van der Waals surface area contributed by atoms with E-state index >= 15 is 0 Å². The van der Waals surface area contributed by atoms with Crippen molar-refractivity contribution in [1.29, 1.82) is 0 Å². The van der Waals surface area contributed by atoms with Gasteiger partial charge in [0.1, 0.15) is 5.54 Å². The van der Waals surface area contributed by atoms with Gasteiger partial charge in [-0.3, -0.25) is 14.5 Å². The van der Waals surface area contributed by atoms with Gasteiger partial charge in [0.05, 0.1) is 0 Å². The molecule has 6 amide bonds. The Morgan fingerprint density at radius 3 is 2.46 bits per heavy atom. The highest BCUT2D eigenvalue weighted by Gasteiger charge is 2.51. The van der Waals surface area contributed by atoms with Crippen LogP contribution in [0.25, 0.3) is 0 Å². The molecule has 9 heteroatoms. The van der Waals surface area contributed by atoms with Gasteiger partial charge in [-0.25, -0.2) is 9.59 Å². The standard InChI is InChI=1S/C19H25N5O4/c20-17(27)22-14-7-5-13(6-8-14)12-21-15(25)4-3-11-24-16(26)19(23-18(24)28)9-1-2-10-19/h5-8H,1-4,9-12H2,(H,21,25)(H,23,28)(H3,20,22,27). The molecule has 1 saturated heterocycles. The van der Waals surface area contributed by atoms with Crippen LogP contribution in [0.15, 0.2) is 24.3 Å². The minimum absolute atomic E-state index is 0.151.